The van der Waals surface area contributed by atoms with Gasteiger partial charge in [-0.25, -0.2) is 0 Å². The molecule has 0 unspecified atom stereocenters. The molecule has 2 bridgehead atoms. The molecule has 0 aromatic heterocycles. The van der Waals surface area contributed by atoms with Crippen LogP contribution in [0.5, 0.6) is 0 Å². The van der Waals surface area contributed by atoms with E-state index >= 15 is 0 Å². The molecular weight excluding hydrogens is 252 g/mol. The minimum atomic E-state index is -0.534. The largest absolute Gasteiger partial charge is 0.371 e. The van der Waals surface area contributed by atoms with Crippen LogP contribution in [0.25, 0.3) is 5.57 Å². The fourth-order valence-corrected chi connectivity index (χ4v) is 2.88. The molecule has 3 heteroatoms. The van der Waals surface area contributed by atoms with E-state index in [0.29, 0.717) is 13.0 Å². The van der Waals surface area contributed by atoms with Crippen LogP contribution in [0, 0.1) is 0 Å². The summed E-state index contributed by atoms with van der Waals surface area (Å²) in [6, 6.07) is 9.89. The van der Waals surface area contributed by atoms with E-state index in [9.17, 15) is 4.79 Å². The smallest absolute Gasteiger partial charge is 0.187 e. The van der Waals surface area contributed by atoms with Gasteiger partial charge in [-0.05, 0) is 29.7 Å². The Balaban J connectivity index is 1.95. The van der Waals surface area contributed by atoms with Crippen molar-refractivity contribution in [1.82, 2.24) is 0 Å². The SMILES string of the molecule is C=C1C[C@@H]2O[C@@H](C(=O)C=C2c2ccccc2)[C@H]1OCC. The van der Waals surface area contributed by atoms with Gasteiger partial charge in [-0.3, -0.25) is 4.79 Å². The highest BCUT2D eigenvalue weighted by Gasteiger charge is 2.42. The molecule has 1 aromatic carbocycles. The van der Waals surface area contributed by atoms with Gasteiger partial charge in [-0.15, -0.1) is 0 Å². The molecule has 0 spiro atoms. The number of hydrogen-bond donors (Lipinski definition) is 0. The number of hydrogen-bond acceptors (Lipinski definition) is 3. The highest BCUT2D eigenvalue weighted by atomic mass is 16.6. The van der Waals surface area contributed by atoms with Crippen molar-refractivity contribution in [3.05, 3.63) is 54.1 Å². The highest BCUT2D eigenvalue weighted by Crippen LogP contribution is 2.37. The Morgan fingerprint density at radius 2 is 2.10 bits per heavy atom. The van der Waals surface area contributed by atoms with Crippen molar-refractivity contribution >= 4 is 11.4 Å². The number of ether oxygens (including phenoxy) is 2. The Morgan fingerprint density at radius 3 is 2.80 bits per heavy atom. The Morgan fingerprint density at radius 1 is 1.35 bits per heavy atom. The van der Waals surface area contributed by atoms with Crippen LogP contribution in [0.15, 0.2) is 48.6 Å². The molecule has 3 rings (SSSR count). The summed E-state index contributed by atoms with van der Waals surface area (Å²) >= 11 is 0. The summed E-state index contributed by atoms with van der Waals surface area (Å²) in [7, 11) is 0. The zero-order chi connectivity index (χ0) is 14.1. The van der Waals surface area contributed by atoms with Gasteiger partial charge in [0.15, 0.2) is 11.9 Å². The summed E-state index contributed by atoms with van der Waals surface area (Å²) < 4.78 is 11.6. The third kappa shape index (κ3) is 2.23. The zero-order valence-corrected chi connectivity index (χ0v) is 11.5. The molecule has 1 fully saturated rings. The third-order valence-electron chi connectivity index (χ3n) is 3.81. The first kappa shape index (κ1) is 13.3. The summed E-state index contributed by atoms with van der Waals surface area (Å²) in [5.74, 6) is -0.0283. The molecule has 0 amide bonds. The molecule has 1 aromatic rings. The molecule has 1 saturated heterocycles. The molecule has 104 valence electrons. The summed E-state index contributed by atoms with van der Waals surface area (Å²) in [4.78, 5) is 12.3. The monoisotopic (exact) mass is 270 g/mol. The van der Waals surface area contributed by atoms with Crippen LogP contribution in [-0.4, -0.2) is 30.7 Å². The predicted molar refractivity (Wildman–Crippen MR) is 77.3 cm³/mol. The molecule has 2 aliphatic heterocycles. The van der Waals surface area contributed by atoms with Crippen LogP contribution in [0.4, 0.5) is 0 Å². The van der Waals surface area contributed by atoms with Crippen molar-refractivity contribution in [3.63, 3.8) is 0 Å². The lowest BCUT2D eigenvalue weighted by atomic mass is 9.83. The van der Waals surface area contributed by atoms with Gasteiger partial charge in [0, 0.05) is 13.0 Å². The minimum absolute atomic E-state index is 0.0283. The lowest BCUT2D eigenvalue weighted by Gasteiger charge is -2.40. The van der Waals surface area contributed by atoms with Crippen LogP contribution in [0.2, 0.25) is 0 Å². The second kappa shape index (κ2) is 5.35. The first-order valence-corrected chi connectivity index (χ1v) is 6.96. The van der Waals surface area contributed by atoms with E-state index in [1.165, 1.54) is 0 Å². The van der Waals surface area contributed by atoms with Gasteiger partial charge in [0.05, 0.1) is 6.10 Å². The molecule has 3 nitrogen and oxygen atoms in total. The van der Waals surface area contributed by atoms with Crippen molar-refractivity contribution in [3.8, 4) is 0 Å². The van der Waals surface area contributed by atoms with Crippen LogP contribution >= 0.6 is 0 Å². The van der Waals surface area contributed by atoms with Gasteiger partial charge in [-0.2, -0.15) is 0 Å². The Kier molecular flexibility index (Phi) is 3.55. The standard InChI is InChI=1S/C17H18O3/c1-3-19-16-11(2)9-15-13(10-14(18)17(16)20-15)12-7-5-4-6-8-12/h4-8,10,15-17H,2-3,9H2,1H3/t15-,16-,17-/m0/s1. The van der Waals surface area contributed by atoms with E-state index < -0.39 is 6.10 Å². The molecule has 0 saturated carbocycles. The van der Waals surface area contributed by atoms with E-state index in [-0.39, 0.29) is 18.0 Å². The number of fused-ring (bicyclic) bond motifs is 2. The minimum Gasteiger partial charge on any atom is -0.371 e. The molecule has 20 heavy (non-hydrogen) atoms. The van der Waals surface area contributed by atoms with Crippen LogP contribution in [-0.2, 0) is 14.3 Å². The second-order valence-corrected chi connectivity index (χ2v) is 5.15. The van der Waals surface area contributed by atoms with Crippen molar-refractivity contribution in [2.75, 3.05) is 6.61 Å². The fraction of sp³-hybridized carbons (Fsp3) is 0.353. The van der Waals surface area contributed by atoms with Gasteiger partial charge < -0.3 is 9.47 Å². The van der Waals surface area contributed by atoms with Gasteiger partial charge in [0.1, 0.15) is 6.10 Å². The summed E-state index contributed by atoms with van der Waals surface area (Å²) in [6.45, 7) is 6.54. The van der Waals surface area contributed by atoms with Crippen molar-refractivity contribution in [2.24, 2.45) is 0 Å². The number of carbonyl (C=O) groups is 1. The molecular formula is C17H18O3. The molecule has 0 N–H and O–H groups in total. The maximum Gasteiger partial charge on any atom is 0.187 e. The Labute approximate surface area is 118 Å². The van der Waals surface area contributed by atoms with E-state index in [0.717, 1.165) is 16.7 Å². The van der Waals surface area contributed by atoms with E-state index in [1.807, 2.05) is 37.3 Å². The number of rotatable bonds is 3. The first-order chi connectivity index (χ1) is 9.70. The summed E-state index contributed by atoms with van der Waals surface area (Å²) in [6.07, 6.45) is 1.48. The highest BCUT2D eigenvalue weighted by molar-refractivity contribution is 6.03. The van der Waals surface area contributed by atoms with E-state index in [4.69, 9.17) is 9.47 Å². The third-order valence-corrected chi connectivity index (χ3v) is 3.81. The normalized spacial score (nSPS) is 29.2. The van der Waals surface area contributed by atoms with Crippen molar-refractivity contribution < 1.29 is 14.3 Å². The van der Waals surface area contributed by atoms with Gasteiger partial charge in [-0.1, -0.05) is 36.9 Å². The molecule has 0 aliphatic carbocycles. The van der Waals surface area contributed by atoms with E-state index in [2.05, 4.69) is 6.58 Å². The van der Waals surface area contributed by atoms with Gasteiger partial charge >= 0.3 is 0 Å². The fourth-order valence-electron chi connectivity index (χ4n) is 2.88. The lowest BCUT2D eigenvalue weighted by molar-refractivity contribution is -0.145. The van der Waals surface area contributed by atoms with Gasteiger partial charge in [0.25, 0.3) is 0 Å². The molecule has 3 atom stereocenters. The second-order valence-electron chi connectivity index (χ2n) is 5.15. The maximum atomic E-state index is 12.3. The van der Waals surface area contributed by atoms with Crippen molar-refractivity contribution in [1.29, 1.82) is 0 Å². The zero-order valence-electron chi connectivity index (χ0n) is 11.5. The van der Waals surface area contributed by atoms with Gasteiger partial charge in [0.2, 0.25) is 0 Å². The number of benzene rings is 1. The Hall–Kier alpha value is -1.71. The van der Waals surface area contributed by atoms with Crippen molar-refractivity contribution in [2.45, 2.75) is 31.7 Å². The maximum absolute atomic E-state index is 12.3. The summed E-state index contributed by atoms with van der Waals surface area (Å²) in [5, 5.41) is 0. The Bertz CT molecular complexity index is 559. The average molecular weight is 270 g/mol. The molecule has 2 heterocycles. The predicted octanol–water partition coefficient (Wildman–Crippen LogP) is 2.77. The average Bonchev–Trinajstić information content (AvgIpc) is 2.47. The lowest BCUT2D eigenvalue weighted by Crippen LogP contribution is -2.49. The quantitative estimate of drug-likeness (QED) is 0.792. The van der Waals surface area contributed by atoms with Crippen LogP contribution in [0.3, 0.4) is 0 Å². The number of carbonyl (C=O) groups excluding carboxylic acids is 1. The topological polar surface area (TPSA) is 35.5 Å². The molecule has 2 aliphatic rings. The first-order valence-electron chi connectivity index (χ1n) is 6.96. The van der Waals surface area contributed by atoms with Crippen LogP contribution in [0.1, 0.15) is 18.9 Å². The molecule has 0 radical (unpaired) electrons. The summed E-state index contributed by atoms with van der Waals surface area (Å²) in [5.41, 5.74) is 2.93. The number of ketones is 1. The van der Waals surface area contributed by atoms with E-state index in [1.54, 1.807) is 6.08 Å². The van der Waals surface area contributed by atoms with Crippen LogP contribution < -0.4 is 0 Å².